The monoisotopic (exact) mass is 354 g/mol. The van der Waals surface area contributed by atoms with Gasteiger partial charge in [0.15, 0.2) is 0 Å². The first-order valence-electron chi connectivity index (χ1n) is 5.78. The molecule has 20 heavy (non-hydrogen) atoms. The molecule has 2 rings (SSSR count). The van der Waals surface area contributed by atoms with Gasteiger partial charge in [0.25, 0.3) is 5.91 Å². The third-order valence-electron chi connectivity index (χ3n) is 2.59. The Morgan fingerprint density at radius 1 is 1.35 bits per heavy atom. The van der Waals surface area contributed by atoms with Gasteiger partial charge in [-0.3, -0.25) is 4.79 Å². The largest absolute Gasteiger partial charge is 0.495 e. The van der Waals surface area contributed by atoms with Gasteiger partial charge in [-0.25, -0.2) is 4.98 Å². The summed E-state index contributed by atoms with van der Waals surface area (Å²) in [4.78, 5) is 16.2. The lowest BCUT2D eigenvalue weighted by Crippen LogP contribution is -2.12. The number of carbonyl (C=O) groups is 1. The Bertz CT molecular complexity index is 641. The number of carbonyl (C=O) groups excluding carboxylic acids is 1. The van der Waals surface area contributed by atoms with Gasteiger partial charge in [-0.15, -0.1) is 0 Å². The molecule has 0 bridgehead atoms. The highest BCUT2D eigenvalue weighted by Gasteiger charge is 2.10. The van der Waals surface area contributed by atoms with Crippen molar-refractivity contribution in [3.63, 3.8) is 0 Å². The lowest BCUT2D eigenvalue weighted by molar-refractivity contribution is 0.102. The summed E-state index contributed by atoms with van der Waals surface area (Å²) in [5, 5.41) is 3.08. The number of hydrogen-bond donors (Lipinski definition) is 1. The highest BCUT2D eigenvalue weighted by molar-refractivity contribution is 9.10. The van der Waals surface area contributed by atoms with Crippen LogP contribution in [0.3, 0.4) is 0 Å². The van der Waals surface area contributed by atoms with Crippen molar-refractivity contribution in [2.45, 2.75) is 6.92 Å². The summed E-state index contributed by atoms with van der Waals surface area (Å²) < 4.78 is 6.00. The molecule has 104 valence electrons. The summed E-state index contributed by atoms with van der Waals surface area (Å²) in [7, 11) is 1.57. The first-order chi connectivity index (χ1) is 9.49. The van der Waals surface area contributed by atoms with Crippen molar-refractivity contribution in [1.29, 1.82) is 0 Å². The SMILES string of the molecule is COc1cc(NC(=O)c2cc(C)nc(Cl)c2)ccc1Br. The molecule has 1 aromatic carbocycles. The van der Waals surface area contributed by atoms with Gasteiger partial charge in [0.1, 0.15) is 10.9 Å². The first kappa shape index (κ1) is 14.8. The molecule has 1 N–H and O–H groups in total. The topological polar surface area (TPSA) is 51.2 Å². The summed E-state index contributed by atoms with van der Waals surface area (Å²) >= 11 is 9.21. The van der Waals surface area contributed by atoms with Gasteiger partial charge in [0.05, 0.1) is 11.6 Å². The van der Waals surface area contributed by atoms with E-state index in [1.54, 1.807) is 38.3 Å². The second kappa shape index (κ2) is 6.24. The summed E-state index contributed by atoms with van der Waals surface area (Å²) in [5.74, 6) is 0.397. The number of amides is 1. The molecule has 0 spiro atoms. The Morgan fingerprint density at radius 2 is 2.10 bits per heavy atom. The van der Waals surface area contributed by atoms with Crippen LogP contribution in [0.4, 0.5) is 5.69 Å². The summed E-state index contributed by atoms with van der Waals surface area (Å²) in [6.45, 7) is 1.78. The molecule has 0 saturated carbocycles. The van der Waals surface area contributed by atoms with E-state index in [2.05, 4.69) is 26.2 Å². The number of benzene rings is 1. The predicted molar refractivity (Wildman–Crippen MR) is 82.6 cm³/mol. The molecule has 0 unspecified atom stereocenters. The van der Waals surface area contributed by atoms with Gasteiger partial charge in [0, 0.05) is 23.0 Å². The number of anilines is 1. The molecule has 1 aromatic heterocycles. The average Bonchev–Trinajstić information content (AvgIpc) is 2.39. The summed E-state index contributed by atoms with van der Waals surface area (Å²) in [6, 6.07) is 8.52. The molecule has 1 amide bonds. The van der Waals surface area contributed by atoms with Gasteiger partial charge < -0.3 is 10.1 Å². The smallest absolute Gasteiger partial charge is 0.255 e. The van der Waals surface area contributed by atoms with Crippen molar-refractivity contribution in [2.75, 3.05) is 12.4 Å². The molecule has 0 radical (unpaired) electrons. The number of pyridine rings is 1. The van der Waals surface area contributed by atoms with Crippen LogP contribution in [-0.4, -0.2) is 18.0 Å². The van der Waals surface area contributed by atoms with Crippen molar-refractivity contribution in [3.05, 3.63) is 51.2 Å². The molecule has 0 saturated heterocycles. The highest BCUT2D eigenvalue weighted by Crippen LogP contribution is 2.28. The minimum atomic E-state index is -0.248. The van der Waals surface area contributed by atoms with E-state index in [9.17, 15) is 4.79 Å². The van der Waals surface area contributed by atoms with Crippen LogP contribution in [0.5, 0.6) is 5.75 Å². The van der Waals surface area contributed by atoms with E-state index >= 15 is 0 Å². The lowest BCUT2D eigenvalue weighted by Gasteiger charge is -2.09. The van der Waals surface area contributed by atoms with E-state index < -0.39 is 0 Å². The Kier molecular flexibility index (Phi) is 4.62. The van der Waals surface area contributed by atoms with E-state index in [1.807, 2.05) is 0 Å². The van der Waals surface area contributed by atoms with E-state index in [4.69, 9.17) is 16.3 Å². The molecule has 0 aliphatic carbocycles. The third-order valence-corrected chi connectivity index (χ3v) is 3.44. The fourth-order valence-electron chi connectivity index (χ4n) is 1.70. The van der Waals surface area contributed by atoms with Crippen LogP contribution in [-0.2, 0) is 0 Å². The number of nitrogens with zero attached hydrogens (tertiary/aromatic N) is 1. The minimum Gasteiger partial charge on any atom is -0.495 e. The first-order valence-corrected chi connectivity index (χ1v) is 6.96. The second-order valence-electron chi connectivity index (χ2n) is 4.12. The fourth-order valence-corrected chi connectivity index (χ4v) is 2.36. The number of rotatable bonds is 3. The Labute approximate surface area is 130 Å². The zero-order chi connectivity index (χ0) is 14.7. The molecule has 0 aliphatic rings. The third kappa shape index (κ3) is 3.49. The van der Waals surface area contributed by atoms with Crippen molar-refractivity contribution in [3.8, 4) is 5.75 Å². The van der Waals surface area contributed by atoms with Gasteiger partial charge in [-0.2, -0.15) is 0 Å². The lowest BCUT2D eigenvalue weighted by atomic mass is 10.2. The van der Waals surface area contributed by atoms with Crippen LogP contribution in [0, 0.1) is 6.92 Å². The zero-order valence-corrected chi connectivity index (χ0v) is 13.2. The van der Waals surface area contributed by atoms with Gasteiger partial charge >= 0.3 is 0 Å². The molecule has 1 heterocycles. The summed E-state index contributed by atoms with van der Waals surface area (Å²) in [5.41, 5.74) is 1.79. The molecule has 6 heteroatoms. The van der Waals surface area contributed by atoms with Crippen LogP contribution in [0.1, 0.15) is 16.1 Å². The van der Waals surface area contributed by atoms with E-state index in [0.717, 1.165) is 4.47 Å². The quantitative estimate of drug-likeness (QED) is 0.845. The Balaban J connectivity index is 2.23. The van der Waals surface area contributed by atoms with E-state index in [0.29, 0.717) is 27.8 Å². The van der Waals surface area contributed by atoms with E-state index in [1.165, 1.54) is 6.07 Å². The maximum Gasteiger partial charge on any atom is 0.255 e. The number of nitrogens with one attached hydrogen (secondary N) is 1. The van der Waals surface area contributed by atoms with Crippen LogP contribution in [0.2, 0.25) is 5.15 Å². The van der Waals surface area contributed by atoms with Crippen molar-refractivity contribution >= 4 is 39.1 Å². The van der Waals surface area contributed by atoms with Crippen molar-refractivity contribution < 1.29 is 9.53 Å². The molecule has 2 aromatic rings. The van der Waals surface area contributed by atoms with Crippen LogP contribution >= 0.6 is 27.5 Å². The number of ether oxygens (including phenoxy) is 1. The van der Waals surface area contributed by atoms with Gasteiger partial charge in [-0.05, 0) is 47.1 Å². The number of aromatic nitrogens is 1. The van der Waals surface area contributed by atoms with Crippen LogP contribution < -0.4 is 10.1 Å². The summed E-state index contributed by atoms with van der Waals surface area (Å²) in [6.07, 6.45) is 0. The normalized spacial score (nSPS) is 10.2. The molecule has 4 nitrogen and oxygen atoms in total. The van der Waals surface area contributed by atoms with Gasteiger partial charge in [0.2, 0.25) is 0 Å². The predicted octanol–water partition coefficient (Wildman–Crippen LogP) is 4.07. The van der Waals surface area contributed by atoms with Crippen molar-refractivity contribution in [2.24, 2.45) is 0 Å². The standard InChI is InChI=1S/C14H12BrClN2O2/c1-8-5-9(6-13(16)17-8)14(19)18-10-3-4-11(15)12(7-10)20-2/h3-7H,1-2H3,(H,18,19). The molecule has 0 aliphatic heterocycles. The van der Waals surface area contributed by atoms with Crippen molar-refractivity contribution in [1.82, 2.24) is 4.98 Å². The Morgan fingerprint density at radius 3 is 2.75 bits per heavy atom. The molecule has 0 atom stereocenters. The number of hydrogen-bond acceptors (Lipinski definition) is 3. The minimum absolute atomic E-state index is 0.248. The number of halogens is 2. The second-order valence-corrected chi connectivity index (χ2v) is 5.36. The average molecular weight is 356 g/mol. The van der Waals surface area contributed by atoms with E-state index in [-0.39, 0.29) is 5.91 Å². The van der Waals surface area contributed by atoms with Crippen LogP contribution in [0.25, 0.3) is 0 Å². The number of methoxy groups -OCH3 is 1. The van der Waals surface area contributed by atoms with Gasteiger partial charge in [-0.1, -0.05) is 11.6 Å². The molecule has 0 fully saturated rings. The molecular weight excluding hydrogens is 344 g/mol. The Hall–Kier alpha value is -1.59. The maximum absolute atomic E-state index is 12.2. The van der Waals surface area contributed by atoms with Crippen LogP contribution in [0.15, 0.2) is 34.8 Å². The molecular formula is C14H12BrClN2O2. The maximum atomic E-state index is 12.2. The highest BCUT2D eigenvalue weighted by atomic mass is 79.9. The fraction of sp³-hybridized carbons (Fsp3) is 0.143. The number of aryl methyl sites for hydroxylation is 1. The zero-order valence-electron chi connectivity index (χ0n) is 10.9.